The number of anilines is 1. The Bertz CT molecular complexity index is 555. The zero-order valence-corrected chi connectivity index (χ0v) is 13.2. The predicted molar refractivity (Wildman–Crippen MR) is 85.7 cm³/mol. The van der Waals surface area contributed by atoms with Crippen LogP contribution in [0.3, 0.4) is 0 Å². The van der Waals surface area contributed by atoms with Gasteiger partial charge in [-0.15, -0.1) is 11.3 Å². The minimum atomic E-state index is 0.897. The molecule has 0 radical (unpaired) electrons. The molecule has 1 aliphatic carbocycles. The Morgan fingerprint density at radius 3 is 3.00 bits per heavy atom. The summed E-state index contributed by atoms with van der Waals surface area (Å²) in [7, 11) is 0. The molecular weight excluding hydrogens is 268 g/mol. The third-order valence-electron chi connectivity index (χ3n) is 3.85. The summed E-state index contributed by atoms with van der Waals surface area (Å²) in [5, 5.41) is 5.57. The van der Waals surface area contributed by atoms with E-state index < -0.39 is 0 Å². The number of nitrogens with one attached hydrogen (secondary N) is 1. The number of hydrogen-bond acceptors (Lipinski definition) is 4. The number of hydrogen-bond donors (Lipinski definition) is 1. The summed E-state index contributed by atoms with van der Waals surface area (Å²) in [6.07, 6.45) is 6.11. The quantitative estimate of drug-likeness (QED) is 0.811. The lowest BCUT2D eigenvalue weighted by molar-refractivity contribution is 0.674. The summed E-state index contributed by atoms with van der Waals surface area (Å²) in [5.74, 6) is 2.10. The third kappa shape index (κ3) is 2.83. The number of imidazole rings is 1. The van der Waals surface area contributed by atoms with Crippen LogP contribution >= 0.6 is 11.3 Å². The summed E-state index contributed by atoms with van der Waals surface area (Å²) in [4.78, 5) is 8.51. The molecule has 2 aromatic rings. The standard InChI is InChI=1S/C15H24N4S/c1-3-7-18(11-12-5-6-12)14-13(10-16-4-2)19-8-9-20-15(19)17-14/h8-9,12,16H,3-7,10-11H2,1-2H3. The van der Waals surface area contributed by atoms with Crippen molar-refractivity contribution >= 4 is 22.1 Å². The molecule has 0 bridgehead atoms. The molecular formula is C15H24N4S. The zero-order chi connectivity index (χ0) is 13.9. The van der Waals surface area contributed by atoms with E-state index in [1.807, 2.05) is 0 Å². The fourth-order valence-corrected chi connectivity index (χ4v) is 3.38. The number of nitrogens with zero attached hydrogens (tertiary/aromatic N) is 3. The fraction of sp³-hybridized carbons (Fsp3) is 0.667. The van der Waals surface area contributed by atoms with Gasteiger partial charge in [-0.25, -0.2) is 4.98 Å². The first-order valence-corrected chi connectivity index (χ1v) is 8.61. The van der Waals surface area contributed by atoms with Crippen molar-refractivity contribution in [3.05, 3.63) is 17.3 Å². The van der Waals surface area contributed by atoms with Crippen LogP contribution in [-0.2, 0) is 6.54 Å². The summed E-state index contributed by atoms with van der Waals surface area (Å²) in [5.41, 5.74) is 1.32. The second kappa shape index (κ2) is 6.14. The van der Waals surface area contributed by atoms with Gasteiger partial charge in [0.15, 0.2) is 10.8 Å². The van der Waals surface area contributed by atoms with E-state index >= 15 is 0 Å². The highest BCUT2D eigenvalue weighted by Gasteiger charge is 2.27. The molecule has 1 aliphatic rings. The molecule has 0 aliphatic heterocycles. The fourth-order valence-electron chi connectivity index (χ4n) is 2.65. The Kier molecular flexibility index (Phi) is 4.27. The van der Waals surface area contributed by atoms with Crippen molar-refractivity contribution in [1.82, 2.24) is 14.7 Å². The van der Waals surface area contributed by atoms with Gasteiger partial charge >= 0.3 is 0 Å². The smallest absolute Gasteiger partial charge is 0.195 e. The second-order valence-electron chi connectivity index (χ2n) is 5.61. The molecule has 1 fully saturated rings. The Hall–Kier alpha value is -1.07. The van der Waals surface area contributed by atoms with Crippen LogP contribution in [0.25, 0.3) is 4.96 Å². The average molecular weight is 292 g/mol. The van der Waals surface area contributed by atoms with Crippen LogP contribution in [0.2, 0.25) is 0 Å². The molecule has 20 heavy (non-hydrogen) atoms. The van der Waals surface area contributed by atoms with Crippen LogP contribution in [0.1, 0.15) is 38.8 Å². The molecule has 1 saturated carbocycles. The van der Waals surface area contributed by atoms with Crippen molar-refractivity contribution in [1.29, 1.82) is 0 Å². The van der Waals surface area contributed by atoms with Gasteiger partial charge in [-0.3, -0.25) is 4.40 Å². The van der Waals surface area contributed by atoms with Crippen LogP contribution in [0.5, 0.6) is 0 Å². The molecule has 4 nitrogen and oxygen atoms in total. The van der Waals surface area contributed by atoms with Gasteiger partial charge in [-0.2, -0.15) is 0 Å². The van der Waals surface area contributed by atoms with Crippen molar-refractivity contribution < 1.29 is 0 Å². The van der Waals surface area contributed by atoms with Crippen molar-refractivity contribution in [2.75, 3.05) is 24.5 Å². The van der Waals surface area contributed by atoms with Gasteiger partial charge in [0, 0.05) is 31.2 Å². The van der Waals surface area contributed by atoms with E-state index in [2.05, 4.69) is 40.0 Å². The highest BCUT2D eigenvalue weighted by molar-refractivity contribution is 7.15. The Balaban J connectivity index is 1.91. The second-order valence-corrected chi connectivity index (χ2v) is 6.48. The third-order valence-corrected chi connectivity index (χ3v) is 4.61. The maximum absolute atomic E-state index is 4.89. The summed E-state index contributed by atoms with van der Waals surface area (Å²) in [6.45, 7) is 8.59. The van der Waals surface area contributed by atoms with Crippen LogP contribution in [0, 0.1) is 5.92 Å². The number of aromatic nitrogens is 2. The summed E-state index contributed by atoms with van der Waals surface area (Å²) < 4.78 is 2.25. The Labute approximate surface area is 124 Å². The SMILES string of the molecule is CCCN(CC1CC1)c1nc2sccn2c1CNCC. The zero-order valence-electron chi connectivity index (χ0n) is 12.4. The first-order valence-electron chi connectivity index (χ1n) is 7.73. The van der Waals surface area contributed by atoms with Crippen molar-refractivity contribution in [2.45, 2.75) is 39.7 Å². The molecule has 0 saturated heterocycles. The molecule has 0 amide bonds. The largest absolute Gasteiger partial charge is 0.355 e. The number of rotatable bonds is 8. The van der Waals surface area contributed by atoms with E-state index in [9.17, 15) is 0 Å². The Morgan fingerprint density at radius 2 is 2.30 bits per heavy atom. The predicted octanol–water partition coefficient (Wildman–Crippen LogP) is 3.13. The maximum atomic E-state index is 4.89. The monoisotopic (exact) mass is 292 g/mol. The lowest BCUT2D eigenvalue weighted by Crippen LogP contribution is -2.29. The molecule has 0 atom stereocenters. The highest BCUT2D eigenvalue weighted by atomic mass is 32.1. The minimum absolute atomic E-state index is 0.897. The molecule has 0 aromatic carbocycles. The van der Waals surface area contributed by atoms with E-state index in [1.165, 1.54) is 37.3 Å². The van der Waals surface area contributed by atoms with Gasteiger partial charge < -0.3 is 10.2 Å². The molecule has 1 N–H and O–H groups in total. The summed E-state index contributed by atoms with van der Waals surface area (Å²) >= 11 is 1.72. The van der Waals surface area contributed by atoms with E-state index in [-0.39, 0.29) is 0 Å². The minimum Gasteiger partial charge on any atom is -0.355 e. The van der Waals surface area contributed by atoms with Crippen LogP contribution in [-0.4, -0.2) is 29.0 Å². The average Bonchev–Trinajstić information content (AvgIpc) is 3.02. The molecule has 110 valence electrons. The van der Waals surface area contributed by atoms with Crippen LogP contribution < -0.4 is 10.2 Å². The topological polar surface area (TPSA) is 32.6 Å². The van der Waals surface area contributed by atoms with Crippen LogP contribution in [0.4, 0.5) is 5.82 Å². The van der Waals surface area contributed by atoms with Crippen molar-refractivity contribution in [3.8, 4) is 0 Å². The lowest BCUT2D eigenvalue weighted by atomic mass is 10.3. The summed E-state index contributed by atoms with van der Waals surface area (Å²) in [6, 6.07) is 0. The van der Waals surface area contributed by atoms with Gasteiger partial charge in [0.05, 0.1) is 5.69 Å². The Morgan fingerprint density at radius 1 is 1.45 bits per heavy atom. The molecule has 0 spiro atoms. The highest BCUT2D eigenvalue weighted by Crippen LogP contribution is 2.33. The molecule has 0 unspecified atom stereocenters. The normalized spacial score (nSPS) is 15.1. The van der Waals surface area contributed by atoms with Gasteiger partial charge in [0.25, 0.3) is 0 Å². The molecule has 5 heteroatoms. The van der Waals surface area contributed by atoms with E-state index in [0.717, 1.165) is 30.5 Å². The molecule has 3 rings (SSSR count). The van der Waals surface area contributed by atoms with Gasteiger partial charge in [0.1, 0.15) is 0 Å². The number of thiazole rings is 1. The lowest BCUT2D eigenvalue weighted by Gasteiger charge is -2.23. The van der Waals surface area contributed by atoms with Crippen molar-refractivity contribution in [3.63, 3.8) is 0 Å². The van der Waals surface area contributed by atoms with E-state index in [4.69, 9.17) is 4.98 Å². The first-order chi connectivity index (χ1) is 9.83. The van der Waals surface area contributed by atoms with Gasteiger partial charge in [-0.1, -0.05) is 13.8 Å². The van der Waals surface area contributed by atoms with Gasteiger partial charge in [-0.05, 0) is 31.7 Å². The van der Waals surface area contributed by atoms with Crippen LogP contribution in [0.15, 0.2) is 11.6 Å². The molecule has 2 heterocycles. The molecule has 2 aromatic heterocycles. The first kappa shape index (κ1) is 13.9. The van der Waals surface area contributed by atoms with Gasteiger partial charge in [0.2, 0.25) is 0 Å². The number of fused-ring (bicyclic) bond motifs is 1. The van der Waals surface area contributed by atoms with Crippen molar-refractivity contribution in [2.24, 2.45) is 5.92 Å². The van der Waals surface area contributed by atoms with E-state index in [1.54, 1.807) is 11.3 Å². The van der Waals surface area contributed by atoms with E-state index in [0.29, 0.717) is 0 Å². The maximum Gasteiger partial charge on any atom is 0.195 e.